The van der Waals surface area contributed by atoms with Crippen LogP contribution in [-0.2, 0) is 6.61 Å². The van der Waals surface area contributed by atoms with E-state index in [1.54, 1.807) is 11.3 Å². The normalized spacial score (nSPS) is 13.0. The van der Waals surface area contributed by atoms with E-state index < -0.39 is 0 Å². The fourth-order valence-electron chi connectivity index (χ4n) is 2.91. The fourth-order valence-corrected chi connectivity index (χ4v) is 3.93. The number of aliphatic hydroxyl groups is 1. The standard InChI is InChI=1S/C16H19N3OS/c1-9-6-13(11(3)21-9)10(2)19-15-5-4-12(17)7-14(15)18-16(19)8-20/h4-7,10,20H,8,17H2,1-3H3. The van der Waals surface area contributed by atoms with Crippen molar-refractivity contribution in [3.63, 3.8) is 0 Å². The van der Waals surface area contributed by atoms with Crippen LogP contribution >= 0.6 is 11.3 Å². The molecule has 2 heterocycles. The fraction of sp³-hybridized carbons (Fsp3) is 0.312. The van der Waals surface area contributed by atoms with E-state index in [1.165, 1.54) is 15.3 Å². The number of hydrogen-bond acceptors (Lipinski definition) is 4. The predicted octanol–water partition coefficient (Wildman–Crippen LogP) is 3.40. The molecule has 1 unspecified atom stereocenters. The molecule has 0 bridgehead atoms. The SMILES string of the molecule is Cc1cc(C(C)n2c(CO)nc3cc(N)ccc32)c(C)s1. The van der Waals surface area contributed by atoms with Crippen LogP contribution < -0.4 is 5.73 Å². The Morgan fingerprint density at radius 3 is 2.71 bits per heavy atom. The molecule has 4 nitrogen and oxygen atoms in total. The molecule has 1 atom stereocenters. The highest BCUT2D eigenvalue weighted by Crippen LogP contribution is 2.32. The van der Waals surface area contributed by atoms with Crippen LogP contribution in [0.5, 0.6) is 0 Å². The molecule has 0 aliphatic rings. The highest BCUT2D eigenvalue weighted by Gasteiger charge is 2.19. The van der Waals surface area contributed by atoms with Crippen molar-refractivity contribution in [1.82, 2.24) is 9.55 Å². The molecule has 1 aromatic carbocycles. The van der Waals surface area contributed by atoms with Gasteiger partial charge in [-0.05, 0) is 50.6 Å². The number of fused-ring (bicyclic) bond motifs is 1. The zero-order chi connectivity index (χ0) is 15.1. The number of thiophene rings is 1. The van der Waals surface area contributed by atoms with Crippen molar-refractivity contribution in [2.24, 2.45) is 0 Å². The Morgan fingerprint density at radius 2 is 2.10 bits per heavy atom. The van der Waals surface area contributed by atoms with Gasteiger partial charge in [0, 0.05) is 15.4 Å². The molecule has 3 aromatic rings. The van der Waals surface area contributed by atoms with Crippen molar-refractivity contribution >= 4 is 28.1 Å². The summed E-state index contributed by atoms with van der Waals surface area (Å²) in [6.07, 6.45) is 0. The van der Waals surface area contributed by atoms with Gasteiger partial charge in [0.05, 0.1) is 17.1 Å². The Bertz CT molecular complexity index is 803. The second-order valence-corrected chi connectivity index (χ2v) is 6.81. The van der Waals surface area contributed by atoms with E-state index in [4.69, 9.17) is 5.73 Å². The topological polar surface area (TPSA) is 64.1 Å². The Balaban J connectivity index is 2.20. The molecule has 0 radical (unpaired) electrons. The third kappa shape index (κ3) is 2.32. The summed E-state index contributed by atoms with van der Waals surface area (Å²) in [6.45, 7) is 6.32. The Hall–Kier alpha value is -1.85. The van der Waals surface area contributed by atoms with Gasteiger partial charge in [0.1, 0.15) is 12.4 Å². The van der Waals surface area contributed by atoms with Crippen LogP contribution in [0, 0.1) is 13.8 Å². The van der Waals surface area contributed by atoms with Crippen molar-refractivity contribution < 1.29 is 5.11 Å². The first kappa shape index (κ1) is 14.1. The van der Waals surface area contributed by atoms with Gasteiger partial charge in [-0.3, -0.25) is 0 Å². The third-order valence-electron chi connectivity index (χ3n) is 3.84. The lowest BCUT2D eigenvalue weighted by molar-refractivity contribution is 0.264. The summed E-state index contributed by atoms with van der Waals surface area (Å²) in [5.74, 6) is 0.673. The van der Waals surface area contributed by atoms with Crippen molar-refractivity contribution in [1.29, 1.82) is 0 Å². The first-order valence-electron chi connectivity index (χ1n) is 6.95. The van der Waals surface area contributed by atoms with Crippen LogP contribution in [0.2, 0.25) is 0 Å². The molecular formula is C16H19N3OS. The lowest BCUT2D eigenvalue weighted by atomic mass is 10.1. The summed E-state index contributed by atoms with van der Waals surface area (Å²) in [5, 5.41) is 9.65. The van der Waals surface area contributed by atoms with Gasteiger partial charge in [-0.25, -0.2) is 4.98 Å². The minimum absolute atomic E-state index is 0.0823. The molecule has 110 valence electrons. The van der Waals surface area contributed by atoms with Crippen molar-refractivity contribution in [3.05, 3.63) is 45.4 Å². The summed E-state index contributed by atoms with van der Waals surface area (Å²) in [5.41, 5.74) is 9.63. The molecule has 0 aliphatic carbocycles. The number of hydrogen-bond donors (Lipinski definition) is 2. The van der Waals surface area contributed by atoms with E-state index in [2.05, 4.69) is 36.4 Å². The second kappa shape index (κ2) is 5.16. The van der Waals surface area contributed by atoms with Gasteiger partial charge in [0.15, 0.2) is 0 Å². The lowest BCUT2D eigenvalue weighted by Gasteiger charge is -2.17. The molecule has 0 amide bonds. The van der Waals surface area contributed by atoms with E-state index in [0.29, 0.717) is 11.5 Å². The van der Waals surface area contributed by atoms with Crippen LogP contribution in [0.1, 0.15) is 34.1 Å². The molecule has 0 fully saturated rings. The first-order chi connectivity index (χ1) is 10.0. The minimum Gasteiger partial charge on any atom is -0.399 e. The monoisotopic (exact) mass is 301 g/mol. The Labute approximate surface area is 127 Å². The lowest BCUT2D eigenvalue weighted by Crippen LogP contribution is -2.11. The number of aryl methyl sites for hydroxylation is 2. The summed E-state index contributed by atoms with van der Waals surface area (Å²) >= 11 is 1.80. The van der Waals surface area contributed by atoms with E-state index in [0.717, 1.165) is 11.0 Å². The highest BCUT2D eigenvalue weighted by molar-refractivity contribution is 7.12. The molecule has 0 spiro atoms. The van der Waals surface area contributed by atoms with E-state index >= 15 is 0 Å². The Kier molecular flexibility index (Phi) is 3.47. The molecule has 5 heteroatoms. The number of benzene rings is 1. The number of anilines is 1. The largest absolute Gasteiger partial charge is 0.399 e. The summed E-state index contributed by atoms with van der Waals surface area (Å²) in [7, 11) is 0. The zero-order valence-electron chi connectivity index (χ0n) is 12.4. The van der Waals surface area contributed by atoms with Crippen molar-refractivity contribution in [3.8, 4) is 0 Å². The van der Waals surface area contributed by atoms with E-state index in [-0.39, 0.29) is 12.6 Å². The van der Waals surface area contributed by atoms with Crippen LogP contribution in [0.4, 0.5) is 5.69 Å². The maximum absolute atomic E-state index is 9.65. The molecule has 0 aliphatic heterocycles. The van der Waals surface area contributed by atoms with Gasteiger partial charge in [-0.2, -0.15) is 0 Å². The number of aliphatic hydroxyl groups excluding tert-OH is 1. The summed E-state index contributed by atoms with van der Waals surface area (Å²) in [4.78, 5) is 7.12. The maximum Gasteiger partial charge on any atom is 0.136 e. The number of rotatable bonds is 3. The van der Waals surface area contributed by atoms with Gasteiger partial charge in [-0.1, -0.05) is 0 Å². The van der Waals surface area contributed by atoms with E-state index in [9.17, 15) is 5.11 Å². The molecular weight excluding hydrogens is 282 g/mol. The Morgan fingerprint density at radius 1 is 1.33 bits per heavy atom. The minimum atomic E-state index is -0.0823. The number of nitrogens with two attached hydrogens (primary N) is 1. The number of nitrogen functional groups attached to an aromatic ring is 1. The van der Waals surface area contributed by atoms with Gasteiger partial charge in [0.2, 0.25) is 0 Å². The second-order valence-electron chi connectivity index (χ2n) is 5.35. The van der Waals surface area contributed by atoms with E-state index in [1.807, 2.05) is 18.2 Å². The highest BCUT2D eigenvalue weighted by atomic mass is 32.1. The van der Waals surface area contributed by atoms with Crippen molar-refractivity contribution in [2.75, 3.05) is 5.73 Å². The molecule has 3 rings (SSSR count). The smallest absolute Gasteiger partial charge is 0.136 e. The number of imidazole rings is 1. The van der Waals surface area contributed by atoms with Crippen LogP contribution in [0.3, 0.4) is 0 Å². The maximum atomic E-state index is 9.65. The first-order valence-corrected chi connectivity index (χ1v) is 7.77. The zero-order valence-corrected chi connectivity index (χ0v) is 13.2. The third-order valence-corrected chi connectivity index (χ3v) is 4.83. The quantitative estimate of drug-likeness (QED) is 0.729. The number of nitrogens with zero attached hydrogens (tertiary/aromatic N) is 2. The van der Waals surface area contributed by atoms with Gasteiger partial charge < -0.3 is 15.4 Å². The molecule has 0 saturated heterocycles. The molecule has 2 aromatic heterocycles. The molecule has 21 heavy (non-hydrogen) atoms. The molecule has 0 saturated carbocycles. The summed E-state index contributed by atoms with van der Waals surface area (Å²) < 4.78 is 2.10. The van der Waals surface area contributed by atoms with Gasteiger partial charge >= 0.3 is 0 Å². The predicted molar refractivity (Wildman–Crippen MR) is 87.7 cm³/mol. The average molecular weight is 301 g/mol. The van der Waals surface area contributed by atoms with Crippen LogP contribution in [0.25, 0.3) is 11.0 Å². The van der Waals surface area contributed by atoms with Crippen LogP contribution in [-0.4, -0.2) is 14.7 Å². The number of aromatic nitrogens is 2. The van der Waals surface area contributed by atoms with Gasteiger partial charge in [0.25, 0.3) is 0 Å². The van der Waals surface area contributed by atoms with Gasteiger partial charge in [-0.15, -0.1) is 11.3 Å². The molecule has 3 N–H and O–H groups in total. The van der Waals surface area contributed by atoms with Crippen LogP contribution in [0.15, 0.2) is 24.3 Å². The average Bonchev–Trinajstić information content (AvgIpc) is 2.97. The summed E-state index contributed by atoms with van der Waals surface area (Å²) in [6, 6.07) is 8.05. The van der Waals surface area contributed by atoms with Crippen molar-refractivity contribution in [2.45, 2.75) is 33.4 Å².